The largest absolute Gasteiger partial charge is 0.494 e. The molecule has 1 aromatic rings. The van der Waals surface area contributed by atoms with Gasteiger partial charge >= 0.3 is 6.09 Å². The molecule has 0 bridgehead atoms. The van der Waals surface area contributed by atoms with Crippen LogP contribution in [0.1, 0.15) is 33.3 Å². The predicted molar refractivity (Wildman–Crippen MR) is 109 cm³/mol. The number of hydrogen-bond donors (Lipinski definition) is 1. The lowest BCUT2D eigenvalue weighted by Gasteiger charge is -2.35. The summed E-state index contributed by atoms with van der Waals surface area (Å²) in [6, 6.07) is 7.51. The fraction of sp³-hybridized carbons (Fsp3) is 0.571. The first kappa shape index (κ1) is 22.5. The Morgan fingerprint density at radius 2 is 1.52 bits per heavy atom. The fourth-order valence-corrected chi connectivity index (χ4v) is 2.94. The van der Waals surface area contributed by atoms with Gasteiger partial charge in [-0.25, -0.2) is 4.79 Å². The highest BCUT2D eigenvalue weighted by molar-refractivity contribution is 5.83. The highest BCUT2D eigenvalue weighted by Gasteiger charge is 2.25. The molecule has 8 nitrogen and oxygen atoms in total. The molecule has 0 atom stereocenters. The van der Waals surface area contributed by atoms with E-state index in [0.717, 1.165) is 11.3 Å². The van der Waals surface area contributed by atoms with E-state index in [1.54, 1.807) is 30.6 Å². The van der Waals surface area contributed by atoms with Crippen molar-refractivity contribution >= 4 is 17.9 Å². The molecule has 2 rings (SSSR count). The number of hydrogen-bond acceptors (Lipinski definition) is 5. The van der Waals surface area contributed by atoms with Gasteiger partial charge in [-0.3, -0.25) is 9.59 Å². The van der Waals surface area contributed by atoms with Crippen LogP contribution in [0.15, 0.2) is 24.3 Å². The van der Waals surface area contributed by atoms with Gasteiger partial charge in [0.25, 0.3) is 0 Å². The molecule has 0 aromatic heterocycles. The summed E-state index contributed by atoms with van der Waals surface area (Å²) in [5.74, 6) is 0.637. The van der Waals surface area contributed by atoms with Gasteiger partial charge in [0.05, 0.1) is 13.0 Å². The number of carbonyl (C=O) groups is 3. The smallest absolute Gasteiger partial charge is 0.408 e. The predicted octanol–water partition coefficient (Wildman–Crippen LogP) is 1.82. The van der Waals surface area contributed by atoms with Gasteiger partial charge in [0, 0.05) is 26.2 Å². The molecule has 1 fully saturated rings. The number of ether oxygens (including phenoxy) is 2. The molecule has 1 aliphatic rings. The first-order valence-electron chi connectivity index (χ1n) is 9.92. The van der Waals surface area contributed by atoms with Crippen LogP contribution in [-0.4, -0.2) is 72.6 Å². The van der Waals surface area contributed by atoms with Crippen LogP contribution >= 0.6 is 0 Å². The molecule has 160 valence electrons. The minimum Gasteiger partial charge on any atom is -0.494 e. The van der Waals surface area contributed by atoms with Gasteiger partial charge in [-0.15, -0.1) is 0 Å². The van der Waals surface area contributed by atoms with Crippen LogP contribution in [0, 0.1) is 0 Å². The van der Waals surface area contributed by atoms with Crippen LogP contribution in [0.5, 0.6) is 5.75 Å². The average Bonchev–Trinajstić information content (AvgIpc) is 2.66. The van der Waals surface area contributed by atoms with E-state index >= 15 is 0 Å². The highest BCUT2D eigenvalue weighted by atomic mass is 16.6. The zero-order valence-electron chi connectivity index (χ0n) is 17.7. The average molecular weight is 405 g/mol. The molecule has 1 aromatic carbocycles. The van der Waals surface area contributed by atoms with Crippen molar-refractivity contribution in [2.24, 2.45) is 0 Å². The van der Waals surface area contributed by atoms with Crippen molar-refractivity contribution in [3.63, 3.8) is 0 Å². The summed E-state index contributed by atoms with van der Waals surface area (Å²) in [5.41, 5.74) is 0.321. The summed E-state index contributed by atoms with van der Waals surface area (Å²) >= 11 is 0. The lowest BCUT2D eigenvalue weighted by Crippen LogP contribution is -2.53. The summed E-state index contributed by atoms with van der Waals surface area (Å²) in [6.07, 6.45) is -0.296. The van der Waals surface area contributed by atoms with Crippen molar-refractivity contribution in [1.29, 1.82) is 0 Å². The van der Waals surface area contributed by atoms with Gasteiger partial charge in [-0.1, -0.05) is 12.1 Å². The molecule has 0 spiro atoms. The second-order valence-corrected chi connectivity index (χ2v) is 7.87. The van der Waals surface area contributed by atoms with Crippen molar-refractivity contribution in [3.8, 4) is 5.75 Å². The number of amides is 3. The number of nitrogens with zero attached hydrogens (tertiary/aromatic N) is 2. The first-order valence-corrected chi connectivity index (χ1v) is 9.92. The SMILES string of the molecule is CCOc1ccc(CC(=O)N2CCN(C(=O)CNC(=O)OC(C)(C)C)CC2)cc1. The molecule has 1 aliphatic heterocycles. The Morgan fingerprint density at radius 1 is 0.966 bits per heavy atom. The molecule has 0 aliphatic carbocycles. The monoisotopic (exact) mass is 405 g/mol. The first-order chi connectivity index (χ1) is 13.7. The number of alkyl carbamates (subject to hydrolysis) is 1. The van der Waals surface area contributed by atoms with Crippen LogP contribution in [0.3, 0.4) is 0 Å². The Balaban J connectivity index is 1.74. The molecule has 29 heavy (non-hydrogen) atoms. The molecule has 1 heterocycles. The Morgan fingerprint density at radius 3 is 2.03 bits per heavy atom. The van der Waals surface area contributed by atoms with Crippen LogP contribution in [-0.2, 0) is 20.7 Å². The Hall–Kier alpha value is -2.77. The zero-order chi connectivity index (χ0) is 21.4. The van der Waals surface area contributed by atoms with Crippen LogP contribution in [0.4, 0.5) is 4.79 Å². The summed E-state index contributed by atoms with van der Waals surface area (Å²) in [6.45, 7) is 9.56. The highest BCUT2D eigenvalue weighted by Crippen LogP contribution is 2.14. The Kier molecular flexibility index (Phi) is 7.87. The summed E-state index contributed by atoms with van der Waals surface area (Å²) in [5, 5.41) is 2.47. The summed E-state index contributed by atoms with van der Waals surface area (Å²) < 4.78 is 10.5. The normalized spacial score (nSPS) is 14.3. The maximum atomic E-state index is 12.5. The van der Waals surface area contributed by atoms with Gasteiger partial charge in [0.15, 0.2) is 0 Å². The fourth-order valence-electron chi connectivity index (χ4n) is 2.94. The molecule has 0 saturated carbocycles. The van der Waals surface area contributed by atoms with Crippen molar-refractivity contribution in [1.82, 2.24) is 15.1 Å². The maximum Gasteiger partial charge on any atom is 0.408 e. The molecular formula is C21H31N3O5. The van der Waals surface area contributed by atoms with Gasteiger partial charge in [0.1, 0.15) is 17.9 Å². The number of rotatable bonds is 6. The van der Waals surface area contributed by atoms with E-state index in [1.165, 1.54) is 0 Å². The molecule has 1 N–H and O–H groups in total. The third-order valence-corrected chi connectivity index (χ3v) is 4.36. The zero-order valence-corrected chi connectivity index (χ0v) is 17.7. The molecular weight excluding hydrogens is 374 g/mol. The second-order valence-electron chi connectivity index (χ2n) is 7.87. The Labute approximate surface area is 172 Å². The van der Waals surface area contributed by atoms with Crippen LogP contribution in [0.25, 0.3) is 0 Å². The van der Waals surface area contributed by atoms with Gasteiger partial charge < -0.3 is 24.6 Å². The summed E-state index contributed by atoms with van der Waals surface area (Å²) in [4.78, 5) is 39.9. The summed E-state index contributed by atoms with van der Waals surface area (Å²) in [7, 11) is 0. The van der Waals surface area contributed by atoms with Crippen molar-refractivity contribution in [3.05, 3.63) is 29.8 Å². The molecule has 3 amide bonds. The topological polar surface area (TPSA) is 88.2 Å². The molecule has 8 heteroatoms. The lowest BCUT2D eigenvalue weighted by atomic mass is 10.1. The molecule has 1 saturated heterocycles. The number of piperazine rings is 1. The maximum absolute atomic E-state index is 12.5. The van der Waals surface area contributed by atoms with Crippen molar-refractivity contribution in [2.75, 3.05) is 39.3 Å². The van der Waals surface area contributed by atoms with Crippen molar-refractivity contribution in [2.45, 2.75) is 39.7 Å². The number of benzene rings is 1. The van der Waals surface area contributed by atoms with Crippen molar-refractivity contribution < 1.29 is 23.9 Å². The quantitative estimate of drug-likeness (QED) is 0.780. The van der Waals surface area contributed by atoms with Gasteiger partial charge in [0.2, 0.25) is 11.8 Å². The minimum absolute atomic E-state index is 0.0353. The van der Waals surface area contributed by atoms with E-state index in [4.69, 9.17) is 9.47 Å². The number of nitrogens with one attached hydrogen (secondary N) is 1. The lowest BCUT2D eigenvalue weighted by molar-refractivity contribution is -0.138. The van der Waals surface area contributed by atoms with Crippen LogP contribution in [0.2, 0.25) is 0 Å². The van der Waals surface area contributed by atoms with E-state index in [-0.39, 0.29) is 18.4 Å². The van der Waals surface area contributed by atoms with E-state index < -0.39 is 11.7 Å². The second kappa shape index (κ2) is 10.1. The van der Waals surface area contributed by atoms with E-state index in [1.807, 2.05) is 31.2 Å². The number of carbonyl (C=O) groups excluding carboxylic acids is 3. The Bertz CT molecular complexity index is 704. The van der Waals surface area contributed by atoms with Gasteiger partial charge in [-0.05, 0) is 45.4 Å². The molecule has 0 radical (unpaired) electrons. The third-order valence-electron chi connectivity index (χ3n) is 4.36. The molecule has 0 unspecified atom stereocenters. The van der Waals surface area contributed by atoms with Gasteiger partial charge in [-0.2, -0.15) is 0 Å². The standard InChI is InChI=1S/C21H31N3O5/c1-5-28-17-8-6-16(7-9-17)14-18(25)23-10-12-24(13-11-23)19(26)15-22-20(27)29-21(2,3)4/h6-9H,5,10-15H2,1-4H3,(H,22,27). The van der Waals surface area contributed by atoms with E-state index in [0.29, 0.717) is 39.2 Å². The van der Waals surface area contributed by atoms with Crippen LogP contribution < -0.4 is 10.1 Å². The third kappa shape index (κ3) is 7.63. The minimum atomic E-state index is -0.616. The van der Waals surface area contributed by atoms with E-state index in [9.17, 15) is 14.4 Å². The van der Waals surface area contributed by atoms with E-state index in [2.05, 4.69) is 5.32 Å².